The van der Waals surface area contributed by atoms with Gasteiger partial charge in [0.2, 0.25) is 0 Å². The monoisotopic (exact) mass is 275 g/mol. The maximum atomic E-state index is 10.1. The Balaban J connectivity index is 1.98. The average molecular weight is 275 g/mol. The number of hydrogen-bond donors (Lipinski definition) is 1. The van der Waals surface area contributed by atoms with E-state index >= 15 is 0 Å². The van der Waals surface area contributed by atoms with Crippen molar-refractivity contribution in [3.8, 4) is 5.75 Å². The van der Waals surface area contributed by atoms with Gasteiger partial charge in [-0.3, -0.25) is 4.99 Å². The van der Waals surface area contributed by atoms with Gasteiger partial charge in [0.15, 0.2) is 0 Å². The standard InChI is InChI=1S/C19H17NO/c1-14(15-7-3-2-4-8-15)20-13-18-17-10-6-5-9-16(17)11-12-19(18)21/h2-14,21H,1H3/t14-/m0/s1. The molecule has 0 saturated heterocycles. The number of phenolic OH excluding ortho intramolecular Hbond substituents is 1. The maximum Gasteiger partial charge on any atom is 0.124 e. The number of fused-ring (bicyclic) bond motifs is 1. The molecule has 3 aromatic rings. The molecule has 0 fully saturated rings. The Hall–Kier alpha value is -2.61. The van der Waals surface area contributed by atoms with E-state index in [1.54, 1.807) is 12.3 Å². The van der Waals surface area contributed by atoms with Crippen LogP contribution >= 0.6 is 0 Å². The molecule has 0 aromatic heterocycles. The highest BCUT2D eigenvalue weighted by molar-refractivity contribution is 6.02. The zero-order valence-electron chi connectivity index (χ0n) is 11.9. The van der Waals surface area contributed by atoms with E-state index in [-0.39, 0.29) is 11.8 Å². The van der Waals surface area contributed by atoms with Crippen molar-refractivity contribution in [1.82, 2.24) is 0 Å². The molecule has 0 spiro atoms. The molecule has 3 aromatic carbocycles. The summed E-state index contributed by atoms with van der Waals surface area (Å²) in [5.41, 5.74) is 1.93. The van der Waals surface area contributed by atoms with Crippen LogP contribution in [0, 0.1) is 0 Å². The van der Waals surface area contributed by atoms with Gasteiger partial charge in [-0.2, -0.15) is 0 Å². The first-order valence-electron chi connectivity index (χ1n) is 7.04. The van der Waals surface area contributed by atoms with Crippen molar-refractivity contribution in [3.05, 3.63) is 77.9 Å². The second-order valence-corrected chi connectivity index (χ2v) is 5.08. The van der Waals surface area contributed by atoms with Gasteiger partial charge in [0.25, 0.3) is 0 Å². The molecule has 0 unspecified atom stereocenters. The third-order valence-corrected chi connectivity index (χ3v) is 3.66. The van der Waals surface area contributed by atoms with Gasteiger partial charge in [-0.25, -0.2) is 0 Å². The lowest BCUT2D eigenvalue weighted by Gasteiger charge is -2.08. The Kier molecular flexibility index (Phi) is 3.69. The third-order valence-electron chi connectivity index (χ3n) is 3.66. The van der Waals surface area contributed by atoms with Crippen LogP contribution in [0.25, 0.3) is 10.8 Å². The van der Waals surface area contributed by atoms with Crippen LogP contribution in [0.4, 0.5) is 0 Å². The van der Waals surface area contributed by atoms with Crippen molar-refractivity contribution >= 4 is 17.0 Å². The summed E-state index contributed by atoms with van der Waals surface area (Å²) in [4.78, 5) is 4.59. The molecule has 0 radical (unpaired) electrons. The highest BCUT2D eigenvalue weighted by Crippen LogP contribution is 2.26. The van der Waals surface area contributed by atoms with E-state index in [2.05, 4.69) is 17.1 Å². The summed E-state index contributed by atoms with van der Waals surface area (Å²) in [6.07, 6.45) is 1.77. The van der Waals surface area contributed by atoms with Crippen LogP contribution in [0.3, 0.4) is 0 Å². The van der Waals surface area contributed by atoms with E-state index < -0.39 is 0 Å². The number of aromatic hydroxyl groups is 1. The molecule has 2 heteroatoms. The molecule has 0 aliphatic rings. The molecule has 0 aliphatic carbocycles. The predicted octanol–water partition coefficient (Wildman–Crippen LogP) is 4.73. The van der Waals surface area contributed by atoms with Crippen molar-refractivity contribution in [2.45, 2.75) is 13.0 Å². The Morgan fingerprint density at radius 3 is 2.43 bits per heavy atom. The van der Waals surface area contributed by atoms with E-state index in [4.69, 9.17) is 0 Å². The van der Waals surface area contributed by atoms with Gasteiger partial charge < -0.3 is 5.11 Å². The third kappa shape index (κ3) is 2.79. The van der Waals surface area contributed by atoms with Gasteiger partial charge in [0.05, 0.1) is 6.04 Å². The molecule has 104 valence electrons. The molecular weight excluding hydrogens is 258 g/mol. The van der Waals surface area contributed by atoms with E-state index in [1.807, 2.05) is 55.5 Å². The Morgan fingerprint density at radius 2 is 1.62 bits per heavy atom. The first-order valence-corrected chi connectivity index (χ1v) is 7.04. The fourth-order valence-corrected chi connectivity index (χ4v) is 2.42. The molecule has 0 heterocycles. The summed E-state index contributed by atoms with van der Waals surface area (Å²) in [5.74, 6) is 0.262. The molecule has 0 saturated carbocycles. The van der Waals surface area contributed by atoms with Crippen molar-refractivity contribution in [3.63, 3.8) is 0 Å². The first-order chi connectivity index (χ1) is 10.3. The summed E-state index contributed by atoms with van der Waals surface area (Å²) in [6.45, 7) is 2.05. The lowest BCUT2D eigenvalue weighted by Crippen LogP contribution is -1.92. The van der Waals surface area contributed by atoms with Gasteiger partial charge in [0, 0.05) is 11.8 Å². The smallest absolute Gasteiger partial charge is 0.124 e. The number of phenols is 1. The molecule has 3 rings (SSSR count). The number of nitrogens with zero attached hydrogens (tertiary/aromatic N) is 1. The Morgan fingerprint density at radius 1 is 0.905 bits per heavy atom. The van der Waals surface area contributed by atoms with E-state index in [1.165, 1.54) is 0 Å². The van der Waals surface area contributed by atoms with E-state index in [0.29, 0.717) is 0 Å². The summed E-state index contributed by atoms with van der Waals surface area (Å²) in [7, 11) is 0. The number of aliphatic imine (C=N–C) groups is 1. The van der Waals surface area contributed by atoms with Crippen LogP contribution in [-0.2, 0) is 0 Å². The zero-order valence-corrected chi connectivity index (χ0v) is 11.9. The number of hydrogen-bond acceptors (Lipinski definition) is 2. The molecule has 0 bridgehead atoms. The lowest BCUT2D eigenvalue weighted by atomic mass is 10.0. The largest absolute Gasteiger partial charge is 0.507 e. The lowest BCUT2D eigenvalue weighted by molar-refractivity contribution is 0.475. The van der Waals surface area contributed by atoms with Gasteiger partial charge in [0.1, 0.15) is 5.75 Å². The molecular formula is C19H17NO. The van der Waals surface area contributed by atoms with Gasteiger partial charge in [-0.1, -0.05) is 60.7 Å². The Labute approximate surface area is 124 Å². The van der Waals surface area contributed by atoms with Gasteiger partial charge in [-0.15, -0.1) is 0 Å². The van der Waals surface area contributed by atoms with Crippen molar-refractivity contribution < 1.29 is 5.11 Å². The Bertz CT molecular complexity index is 778. The van der Waals surface area contributed by atoms with E-state index in [0.717, 1.165) is 21.9 Å². The molecule has 2 nitrogen and oxygen atoms in total. The average Bonchev–Trinajstić information content (AvgIpc) is 2.54. The summed E-state index contributed by atoms with van der Waals surface area (Å²) >= 11 is 0. The quantitative estimate of drug-likeness (QED) is 0.689. The molecule has 21 heavy (non-hydrogen) atoms. The van der Waals surface area contributed by atoms with Crippen LogP contribution in [0.15, 0.2) is 71.7 Å². The van der Waals surface area contributed by atoms with E-state index in [9.17, 15) is 5.11 Å². The minimum Gasteiger partial charge on any atom is -0.507 e. The fourth-order valence-electron chi connectivity index (χ4n) is 2.42. The van der Waals surface area contributed by atoms with Gasteiger partial charge >= 0.3 is 0 Å². The zero-order chi connectivity index (χ0) is 14.7. The van der Waals surface area contributed by atoms with Crippen LogP contribution in [0.5, 0.6) is 5.75 Å². The van der Waals surface area contributed by atoms with Crippen molar-refractivity contribution in [2.24, 2.45) is 4.99 Å². The summed E-state index contributed by atoms with van der Waals surface area (Å²) in [5, 5.41) is 12.2. The fraction of sp³-hybridized carbons (Fsp3) is 0.105. The SMILES string of the molecule is C[C@H](N=Cc1c(O)ccc2ccccc12)c1ccccc1. The molecule has 1 N–H and O–H groups in total. The van der Waals surface area contributed by atoms with Crippen LogP contribution in [0.2, 0.25) is 0 Å². The molecule has 0 aliphatic heterocycles. The summed E-state index contributed by atoms with van der Waals surface area (Å²) < 4.78 is 0. The van der Waals surface area contributed by atoms with Gasteiger partial charge in [-0.05, 0) is 29.3 Å². The first kappa shape index (κ1) is 13.4. The minimum absolute atomic E-state index is 0.0598. The maximum absolute atomic E-state index is 10.1. The normalized spacial score (nSPS) is 12.8. The number of rotatable bonds is 3. The topological polar surface area (TPSA) is 32.6 Å². The summed E-state index contributed by atoms with van der Waals surface area (Å²) in [6, 6.07) is 21.8. The van der Waals surface area contributed by atoms with Crippen molar-refractivity contribution in [1.29, 1.82) is 0 Å². The second-order valence-electron chi connectivity index (χ2n) is 5.08. The second kappa shape index (κ2) is 5.80. The van der Waals surface area contributed by atoms with Crippen LogP contribution in [-0.4, -0.2) is 11.3 Å². The number of benzene rings is 3. The minimum atomic E-state index is 0.0598. The highest BCUT2D eigenvalue weighted by Gasteiger charge is 2.06. The predicted molar refractivity (Wildman–Crippen MR) is 88.1 cm³/mol. The van der Waals surface area contributed by atoms with Crippen LogP contribution in [0.1, 0.15) is 24.1 Å². The molecule has 0 amide bonds. The highest BCUT2D eigenvalue weighted by atomic mass is 16.3. The molecule has 1 atom stereocenters. The van der Waals surface area contributed by atoms with Crippen LogP contribution < -0.4 is 0 Å². The van der Waals surface area contributed by atoms with Crippen molar-refractivity contribution in [2.75, 3.05) is 0 Å².